The van der Waals surface area contributed by atoms with Crippen LogP contribution in [0.1, 0.15) is 24.0 Å². The molecule has 242 valence electrons. The molecule has 13 heteroatoms. The summed E-state index contributed by atoms with van der Waals surface area (Å²) in [6.07, 6.45) is 5.42. The first-order valence-corrected chi connectivity index (χ1v) is 14.8. The number of nitrogens with one attached hydrogen (secondary N) is 1. The molecular weight excluding hydrogens is 605 g/mol. The molecule has 0 spiro atoms. The van der Waals surface area contributed by atoms with Gasteiger partial charge >= 0.3 is 5.97 Å². The topological polar surface area (TPSA) is 123 Å². The van der Waals surface area contributed by atoms with E-state index >= 15 is 0 Å². The molecule has 2 aromatic carbocycles. The summed E-state index contributed by atoms with van der Waals surface area (Å²) in [6.45, 7) is 4.60. The summed E-state index contributed by atoms with van der Waals surface area (Å²) in [5.74, 6) is -2.44. The van der Waals surface area contributed by atoms with Gasteiger partial charge in [0.05, 0.1) is 17.7 Å². The Balaban J connectivity index is 1.68. The SMILES string of the molecule is C=CN(CCc1cc(OC)ccc1NC)C1CCN(C(=O)CN(C=O)/C=C(\C(=O)N(C)CC(=O)O)c2cccc(F)c2Cl)CC1. The summed E-state index contributed by atoms with van der Waals surface area (Å²) in [7, 11) is 4.76. The number of carbonyl (C=O) groups is 4. The molecule has 3 rings (SSSR count). The summed E-state index contributed by atoms with van der Waals surface area (Å²) in [4.78, 5) is 55.3. The van der Waals surface area contributed by atoms with Crippen LogP contribution in [0.4, 0.5) is 10.1 Å². The normalized spacial score (nSPS) is 13.5. The first-order chi connectivity index (χ1) is 21.5. The number of halogens is 2. The number of ether oxygens (including phenoxy) is 1. The van der Waals surface area contributed by atoms with Crippen LogP contribution in [0.2, 0.25) is 5.02 Å². The number of piperidine rings is 1. The zero-order chi connectivity index (χ0) is 33.1. The van der Waals surface area contributed by atoms with Crippen LogP contribution in [-0.4, -0.2) is 109 Å². The number of carboxylic acids is 1. The fourth-order valence-electron chi connectivity index (χ4n) is 5.23. The maximum Gasteiger partial charge on any atom is 0.323 e. The largest absolute Gasteiger partial charge is 0.497 e. The van der Waals surface area contributed by atoms with E-state index in [0.717, 1.165) is 52.0 Å². The van der Waals surface area contributed by atoms with Crippen LogP contribution >= 0.6 is 11.6 Å². The molecule has 2 N–H and O–H groups in total. The van der Waals surface area contributed by atoms with Crippen LogP contribution in [0.5, 0.6) is 5.75 Å². The van der Waals surface area contributed by atoms with Gasteiger partial charge in [0.15, 0.2) is 0 Å². The van der Waals surface area contributed by atoms with Gasteiger partial charge in [-0.2, -0.15) is 0 Å². The van der Waals surface area contributed by atoms with E-state index in [0.29, 0.717) is 32.3 Å². The Morgan fingerprint density at radius 3 is 2.51 bits per heavy atom. The van der Waals surface area contributed by atoms with Gasteiger partial charge in [0.1, 0.15) is 24.7 Å². The van der Waals surface area contributed by atoms with E-state index in [1.165, 1.54) is 19.2 Å². The van der Waals surface area contributed by atoms with Crippen LogP contribution in [-0.2, 0) is 25.6 Å². The standard InChI is InChI=1S/C32H39ClFN5O6/c1-5-38(14-11-22-17-24(45-4)9-10-28(22)35-2)23-12-15-39(16-13-23)29(41)19-37(21-40)18-26(32(44)36(3)20-30(42)43)25-7-6-8-27(34)31(25)33/h5-10,17-18,21,23,35H,1,11-16,19-20H2,2-4H3,(H,42,43)/b26-18-. The van der Waals surface area contributed by atoms with Gasteiger partial charge in [-0.25, -0.2) is 4.39 Å². The Hall–Kier alpha value is -4.58. The van der Waals surface area contributed by atoms with Crippen molar-refractivity contribution in [3.8, 4) is 5.75 Å². The van der Waals surface area contributed by atoms with Gasteiger partial charge in [0.2, 0.25) is 12.3 Å². The lowest BCUT2D eigenvalue weighted by Crippen LogP contribution is -2.47. The predicted molar refractivity (Wildman–Crippen MR) is 170 cm³/mol. The molecule has 1 heterocycles. The molecular formula is C32H39ClFN5O6. The van der Waals surface area contributed by atoms with Crippen molar-refractivity contribution in [2.75, 3.05) is 59.2 Å². The highest BCUT2D eigenvalue weighted by Gasteiger charge is 2.28. The molecule has 0 atom stereocenters. The molecule has 1 fully saturated rings. The molecule has 0 aromatic heterocycles. The van der Waals surface area contributed by atoms with E-state index in [2.05, 4.69) is 16.8 Å². The Morgan fingerprint density at radius 2 is 1.91 bits per heavy atom. The number of hydrogen-bond acceptors (Lipinski definition) is 7. The quantitative estimate of drug-likeness (QED) is 0.223. The van der Waals surface area contributed by atoms with Gasteiger partial charge in [-0.05, 0) is 55.3 Å². The third-order valence-corrected chi connectivity index (χ3v) is 8.07. The summed E-state index contributed by atoms with van der Waals surface area (Å²) in [5.41, 5.74) is 1.86. The second kappa shape index (κ2) is 16.5. The first-order valence-electron chi connectivity index (χ1n) is 14.4. The summed E-state index contributed by atoms with van der Waals surface area (Å²) >= 11 is 6.13. The van der Waals surface area contributed by atoms with Crippen LogP contribution in [0.3, 0.4) is 0 Å². The van der Waals surface area contributed by atoms with Crippen LogP contribution in [0.15, 0.2) is 55.4 Å². The Kier molecular flexibility index (Phi) is 12.8. The molecule has 1 aliphatic rings. The number of aliphatic carboxylic acids is 1. The first kappa shape index (κ1) is 34.9. The molecule has 0 aliphatic carbocycles. The van der Waals surface area contributed by atoms with E-state index < -0.39 is 24.2 Å². The van der Waals surface area contributed by atoms with Gasteiger partial charge in [0.25, 0.3) is 5.91 Å². The minimum absolute atomic E-state index is 0.0423. The number of likely N-dealkylation sites (N-methyl/N-ethyl adjacent to an activating group) is 1. The van der Waals surface area contributed by atoms with E-state index in [1.807, 2.05) is 31.4 Å². The van der Waals surface area contributed by atoms with E-state index in [-0.39, 0.29) is 34.7 Å². The lowest BCUT2D eigenvalue weighted by Gasteiger charge is -2.38. The number of carbonyl (C=O) groups excluding carboxylic acids is 3. The second-order valence-corrected chi connectivity index (χ2v) is 10.9. The number of rotatable bonds is 15. The van der Waals surface area contributed by atoms with Crippen molar-refractivity contribution in [1.29, 1.82) is 0 Å². The number of anilines is 1. The fourth-order valence-corrected chi connectivity index (χ4v) is 5.46. The number of carboxylic acid groups (broad SMARTS) is 1. The molecule has 11 nitrogen and oxygen atoms in total. The van der Waals surface area contributed by atoms with E-state index in [1.54, 1.807) is 12.0 Å². The average molecular weight is 644 g/mol. The van der Waals surface area contributed by atoms with Crippen molar-refractivity contribution in [3.05, 3.63) is 77.3 Å². The molecule has 0 radical (unpaired) electrons. The number of methoxy groups -OCH3 is 1. The van der Waals surface area contributed by atoms with Gasteiger partial charge < -0.3 is 34.8 Å². The minimum Gasteiger partial charge on any atom is -0.497 e. The third kappa shape index (κ3) is 9.21. The van der Waals surface area contributed by atoms with Crippen molar-refractivity contribution >= 4 is 47.1 Å². The smallest absolute Gasteiger partial charge is 0.323 e. The molecule has 3 amide bonds. The van der Waals surface area contributed by atoms with Crippen molar-refractivity contribution < 1.29 is 33.4 Å². The molecule has 45 heavy (non-hydrogen) atoms. The van der Waals surface area contributed by atoms with E-state index in [4.69, 9.17) is 21.4 Å². The highest BCUT2D eigenvalue weighted by Crippen LogP contribution is 2.28. The van der Waals surface area contributed by atoms with Crippen LogP contribution in [0, 0.1) is 5.82 Å². The van der Waals surface area contributed by atoms with Gasteiger partial charge in [-0.3, -0.25) is 19.2 Å². The zero-order valence-electron chi connectivity index (χ0n) is 25.7. The molecule has 0 saturated carbocycles. The predicted octanol–water partition coefficient (Wildman–Crippen LogP) is 3.55. The Bertz CT molecular complexity index is 1430. The van der Waals surface area contributed by atoms with Crippen LogP contribution < -0.4 is 10.1 Å². The van der Waals surface area contributed by atoms with Crippen molar-refractivity contribution in [2.24, 2.45) is 0 Å². The van der Waals surface area contributed by atoms with Crippen LogP contribution in [0.25, 0.3) is 5.57 Å². The zero-order valence-corrected chi connectivity index (χ0v) is 26.4. The van der Waals surface area contributed by atoms with Gasteiger partial charge in [0, 0.05) is 57.2 Å². The second-order valence-electron chi connectivity index (χ2n) is 10.5. The monoisotopic (exact) mass is 643 g/mol. The summed E-state index contributed by atoms with van der Waals surface area (Å²) < 4.78 is 19.6. The lowest BCUT2D eigenvalue weighted by molar-refractivity contribution is -0.141. The maximum atomic E-state index is 14.3. The van der Waals surface area contributed by atoms with Crippen molar-refractivity contribution in [3.63, 3.8) is 0 Å². The highest BCUT2D eigenvalue weighted by molar-refractivity contribution is 6.35. The highest BCUT2D eigenvalue weighted by atomic mass is 35.5. The average Bonchev–Trinajstić information content (AvgIpc) is 3.04. The molecule has 2 aromatic rings. The number of likely N-dealkylation sites (tertiary alicyclic amines) is 1. The Morgan fingerprint density at radius 1 is 1.20 bits per heavy atom. The molecule has 0 unspecified atom stereocenters. The summed E-state index contributed by atoms with van der Waals surface area (Å²) in [5, 5.41) is 12.0. The molecule has 1 aliphatic heterocycles. The lowest BCUT2D eigenvalue weighted by atomic mass is 10.0. The third-order valence-electron chi connectivity index (χ3n) is 7.68. The van der Waals surface area contributed by atoms with Gasteiger partial charge in [-0.15, -0.1) is 0 Å². The van der Waals surface area contributed by atoms with E-state index in [9.17, 15) is 23.6 Å². The number of amides is 3. The maximum absolute atomic E-state index is 14.3. The fraction of sp³-hybridized carbons (Fsp3) is 0.375. The Labute approximate surface area is 267 Å². The molecule has 0 bridgehead atoms. The number of benzene rings is 2. The summed E-state index contributed by atoms with van der Waals surface area (Å²) in [6, 6.07) is 9.87. The molecule has 1 saturated heterocycles. The number of nitrogens with zero attached hydrogens (tertiary/aromatic N) is 4. The van der Waals surface area contributed by atoms with Gasteiger partial charge in [-0.1, -0.05) is 30.3 Å². The number of hydrogen-bond donors (Lipinski definition) is 2. The van der Waals surface area contributed by atoms with Crippen molar-refractivity contribution in [2.45, 2.75) is 25.3 Å². The van der Waals surface area contributed by atoms with Crippen molar-refractivity contribution in [1.82, 2.24) is 19.6 Å². The minimum atomic E-state index is -1.26.